The van der Waals surface area contributed by atoms with Gasteiger partial charge < -0.3 is 10.4 Å². The van der Waals surface area contributed by atoms with Gasteiger partial charge in [0.15, 0.2) is 0 Å². The lowest BCUT2D eigenvalue weighted by Gasteiger charge is -2.29. The lowest BCUT2D eigenvalue weighted by Crippen LogP contribution is -2.44. The van der Waals surface area contributed by atoms with Crippen LogP contribution in [0, 0.1) is 23.6 Å². The Morgan fingerprint density at radius 1 is 1.33 bits per heavy atom. The minimum Gasteiger partial charge on any atom is -0.481 e. The summed E-state index contributed by atoms with van der Waals surface area (Å²) in [4.78, 5) is 12.1. The molecule has 2 aliphatic carbocycles. The van der Waals surface area contributed by atoms with Gasteiger partial charge in [0.25, 0.3) is 0 Å². The van der Waals surface area contributed by atoms with E-state index in [-0.39, 0.29) is 17.8 Å². The summed E-state index contributed by atoms with van der Waals surface area (Å²) in [7, 11) is 0. The average Bonchev–Trinajstić information content (AvgIpc) is 3.06. The molecule has 21 heavy (non-hydrogen) atoms. The van der Waals surface area contributed by atoms with E-state index in [2.05, 4.69) is 5.32 Å². The number of aliphatic carboxylic acids is 1. The van der Waals surface area contributed by atoms with Crippen LogP contribution >= 0.6 is 11.8 Å². The van der Waals surface area contributed by atoms with E-state index < -0.39 is 5.97 Å². The minimum absolute atomic E-state index is 0.0995. The Kier molecular flexibility index (Phi) is 4.50. The van der Waals surface area contributed by atoms with Gasteiger partial charge in [-0.1, -0.05) is 12.1 Å². The number of hydrogen-bond acceptors (Lipinski definition) is 3. The SMILES string of the molecule is O=C(O)C1C2CCC(C2)C1NCCSc1ccccc1F. The van der Waals surface area contributed by atoms with Gasteiger partial charge in [0.05, 0.1) is 5.92 Å². The summed E-state index contributed by atoms with van der Waals surface area (Å²) < 4.78 is 13.5. The predicted octanol–water partition coefficient (Wildman–Crippen LogP) is 3.01. The third kappa shape index (κ3) is 3.09. The minimum atomic E-state index is -0.665. The van der Waals surface area contributed by atoms with E-state index in [9.17, 15) is 14.3 Å². The number of benzene rings is 1. The van der Waals surface area contributed by atoms with Crippen molar-refractivity contribution in [2.75, 3.05) is 12.3 Å². The van der Waals surface area contributed by atoms with Crippen molar-refractivity contribution in [3.05, 3.63) is 30.1 Å². The first-order valence-electron chi connectivity index (χ1n) is 7.50. The quantitative estimate of drug-likeness (QED) is 0.626. The molecule has 2 bridgehead atoms. The Balaban J connectivity index is 1.49. The molecule has 0 amide bonds. The first kappa shape index (κ1) is 14.9. The molecule has 5 heteroatoms. The van der Waals surface area contributed by atoms with Gasteiger partial charge in [0.1, 0.15) is 5.82 Å². The molecule has 1 aromatic rings. The smallest absolute Gasteiger partial charge is 0.308 e. The highest BCUT2D eigenvalue weighted by Gasteiger charge is 2.50. The Hall–Kier alpha value is -1.07. The van der Waals surface area contributed by atoms with Crippen molar-refractivity contribution >= 4 is 17.7 Å². The second kappa shape index (κ2) is 6.36. The molecule has 0 saturated heterocycles. The summed E-state index contributed by atoms with van der Waals surface area (Å²) in [6, 6.07) is 6.85. The van der Waals surface area contributed by atoms with Gasteiger partial charge in [-0.2, -0.15) is 0 Å². The topological polar surface area (TPSA) is 49.3 Å². The van der Waals surface area contributed by atoms with E-state index in [4.69, 9.17) is 0 Å². The Morgan fingerprint density at radius 3 is 2.86 bits per heavy atom. The monoisotopic (exact) mass is 309 g/mol. The molecule has 2 fully saturated rings. The summed E-state index contributed by atoms with van der Waals surface area (Å²) in [5.74, 6) is 0.523. The van der Waals surface area contributed by atoms with Crippen LogP contribution in [-0.4, -0.2) is 29.4 Å². The second-order valence-corrected chi connectivity index (χ2v) is 7.09. The van der Waals surface area contributed by atoms with Crippen LogP contribution in [-0.2, 0) is 4.79 Å². The molecule has 0 radical (unpaired) electrons. The fraction of sp³-hybridized carbons (Fsp3) is 0.562. The molecule has 1 aromatic carbocycles. The van der Waals surface area contributed by atoms with E-state index in [1.165, 1.54) is 17.8 Å². The molecular weight excluding hydrogens is 289 g/mol. The summed E-state index contributed by atoms with van der Waals surface area (Å²) in [5, 5.41) is 12.8. The van der Waals surface area contributed by atoms with Crippen LogP contribution in [0.15, 0.2) is 29.2 Å². The number of carbonyl (C=O) groups is 1. The zero-order valence-electron chi connectivity index (χ0n) is 11.8. The first-order valence-corrected chi connectivity index (χ1v) is 8.49. The first-order chi connectivity index (χ1) is 10.2. The molecule has 2 N–H and O–H groups in total. The van der Waals surface area contributed by atoms with E-state index in [1.54, 1.807) is 12.1 Å². The third-order valence-corrected chi connectivity index (χ3v) is 5.83. The van der Waals surface area contributed by atoms with Crippen molar-refractivity contribution < 1.29 is 14.3 Å². The zero-order chi connectivity index (χ0) is 14.8. The van der Waals surface area contributed by atoms with Crippen LogP contribution in [0.4, 0.5) is 4.39 Å². The zero-order valence-corrected chi connectivity index (χ0v) is 12.6. The molecule has 2 aliphatic rings. The fourth-order valence-corrected chi connectivity index (χ4v) is 4.71. The summed E-state index contributed by atoms with van der Waals surface area (Å²) in [5.41, 5.74) is 0. The lowest BCUT2D eigenvalue weighted by atomic mass is 9.84. The van der Waals surface area contributed by atoms with Gasteiger partial charge in [-0.15, -0.1) is 11.8 Å². The van der Waals surface area contributed by atoms with Crippen molar-refractivity contribution in [3.63, 3.8) is 0 Å². The summed E-state index contributed by atoms with van der Waals surface area (Å²) >= 11 is 1.48. The van der Waals surface area contributed by atoms with Gasteiger partial charge in [0, 0.05) is 23.2 Å². The van der Waals surface area contributed by atoms with Crippen LogP contribution in [0.3, 0.4) is 0 Å². The standard InChI is InChI=1S/C16H20FNO2S/c17-12-3-1-2-4-13(12)21-8-7-18-15-11-6-5-10(9-11)14(15)16(19)20/h1-4,10-11,14-15,18H,5-9H2,(H,19,20). The van der Waals surface area contributed by atoms with Crippen molar-refractivity contribution in [2.45, 2.75) is 30.2 Å². The molecule has 4 atom stereocenters. The Morgan fingerprint density at radius 2 is 2.10 bits per heavy atom. The van der Waals surface area contributed by atoms with Crippen molar-refractivity contribution in [1.29, 1.82) is 0 Å². The van der Waals surface area contributed by atoms with E-state index in [0.717, 1.165) is 31.6 Å². The highest BCUT2D eigenvalue weighted by molar-refractivity contribution is 7.99. The molecule has 114 valence electrons. The molecule has 3 rings (SSSR count). The average molecular weight is 309 g/mol. The maximum absolute atomic E-state index is 13.5. The molecule has 0 spiro atoms. The number of halogens is 1. The highest BCUT2D eigenvalue weighted by Crippen LogP contribution is 2.48. The number of hydrogen-bond donors (Lipinski definition) is 2. The number of fused-ring (bicyclic) bond motifs is 2. The molecule has 2 saturated carbocycles. The predicted molar refractivity (Wildman–Crippen MR) is 80.9 cm³/mol. The number of carboxylic acid groups (broad SMARTS) is 1. The van der Waals surface area contributed by atoms with Gasteiger partial charge >= 0.3 is 5.97 Å². The van der Waals surface area contributed by atoms with Crippen LogP contribution in [0.2, 0.25) is 0 Å². The largest absolute Gasteiger partial charge is 0.481 e. The summed E-state index contributed by atoms with van der Waals surface area (Å²) in [6.07, 6.45) is 3.26. The van der Waals surface area contributed by atoms with Gasteiger partial charge in [-0.05, 0) is 43.2 Å². The molecule has 4 unspecified atom stereocenters. The Bertz CT molecular complexity index is 525. The lowest BCUT2D eigenvalue weighted by molar-refractivity contribution is -0.144. The van der Waals surface area contributed by atoms with Gasteiger partial charge in [-0.3, -0.25) is 4.79 Å². The number of thioether (sulfide) groups is 1. The van der Waals surface area contributed by atoms with E-state index >= 15 is 0 Å². The molecule has 0 heterocycles. The number of rotatable bonds is 6. The third-order valence-electron chi connectivity index (χ3n) is 4.78. The molecule has 0 aliphatic heterocycles. The van der Waals surface area contributed by atoms with Gasteiger partial charge in [-0.25, -0.2) is 4.39 Å². The second-order valence-electron chi connectivity index (χ2n) is 5.96. The van der Waals surface area contributed by atoms with E-state index in [0.29, 0.717) is 16.7 Å². The van der Waals surface area contributed by atoms with Crippen LogP contribution < -0.4 is 5.32 Å². The van der Waals surface area contributed by atoms with Crippen molar-refractivity contribution in [2.24, 2.45) is 17.8 Å². The maximum atomic E-state index is 13.5. The maximum Gasteiger partial charge on any atom is 0.308 e. The van der Waals surface area contributed by atoms with Crippen LogP contribution in [0.25, 0.3) is 0 Å². The number of carboxylic acids is 1. The molecular formula is C16H20FNO2S. The van der Waals surface area contributed by atoms with Crippen LogP contribution in [0.1, 0.15) is 19.3 Å². The van der Waals surface area contributed by atoms with E-state index in [1.807, 2.05) is 6.07 Å². The van der Waals surface area contributed by atoms with Crippen molar-refractivity contribution in [3.8, 4) is 0 Å². The molecule has 0 aromatic heterocycles. The van der Waals surface area contributed by atoms with Crippen LogP contribution in [0.5, 0.6) is 0 Å². The molecule has 3 nitrogen and oxygen atoms in total. The Labute approximate surface area is 128 Å². The van der Waals surface area contributed by atoms with Gasteiger partial charge in [0.2, 0.25) is 0 Å². The number of nitrogens with one attached hydrogen (secondary N) is 1. The van der Waals surface area contributed by atoms with Crippen molar-refractivity contribution in [1.82, 2.24) is 5.32 Å². The fourth-order valence-electron chi connectivity index (χ4n) is 3.89. The normalized spacial score (nSPS) is 30.7. The summed E-state index contributed by atoms with van der Waals surface area (Å²) in [6.45, 7) is 0.719. The highest BCUT2D eigenvalue weighted by atomic mass is 32.2.